The number of rotatable bonds is 5. The lowest BCUT2D eigenvalue weighted by atomic mass is 10.0. The molecule has 2 heteroatoms. The minimum absolute atomic E-state index is 0.585. The van der Waals surface area contributed by atoms with Crippen molar-refractivity contribution in [3.05, 3.63) is 35.5 Å². The van der Waals surface area contributed by atoms with E-state index in [1.807, 2.05) is 0 Å². The number of nitrogens with zero attached hydrogens (tertiary/aromatic N) is 1. The van der Waals surface area contributed by atoms with Gasteiger partial charge in [0.2, 0.25) is 0 Å². The van der Waals surface area contributed by atoms with Gasteiger partial charge in [0, 0.05) is 30.7 Å². The molecule has 2 aromatic rings. The number of fused-ring (bicyclic) bond motifs is 1. The predicted molar refractivity (Wildman–Crippen MR) is 83.6 cm³/mol. The lowest BCUT2D eigenvalue weighted by Gasteiger charge is -2.08. The third-order valence-corrected chi connectivity index (χ3v) is 3.63. The number of hydrogen-bond donors (Lipinski definition) is 1. The van der Waals surface area contributed by atoms with Crippen molar-refractivity contribution in [2.24, 2.45) is 13.0 Å². The maximum absolute atomic E-state index is 3.53. The highest BCUT2D eigenvalue weighted by atomic mass is 14.9. The number of nitrogens with one attached hydrogen (secondary N) is 1. The van der Waals surface area contributed by atoms with Crippen LogP contribution in [0.15, 0.2) is 24.4 Å². The normalized spacial score (nSPS) is 11.9. The molecule has 1 aromatic carbocycles. The molecule has 1 N–H and O–H groups in total. The fourth-order valence-corrected chi connectivity index (χ4v) is 2.48. The molecule has 0 unspecified atom stereocenters. The highest BCUT2D eigenvalue weighted by molar-refractivity contribution is 5.84. The molecule has 0 amide bonds. The fourth-order valence-electron chi connectivity index (χ4n) is 2.48. The summed E-state index contributed by atoms with van der Waals surface area (Å²) in [6.07, 6.45) is 2.25. The molecular formula is C17H26N2. The zero-order chi connectivity index (χ0) is 14.0. The van der Waals surface area contributed by atoms with Gasteiger partial charge in [-0.2, -0.15) is 0 Å². The number of benzene rings is 1. The summed E-state index contributed by atoms with van der Waals surface area (Å²) in [5.41, 5.74) is 4.15. The zero-order valence-electron chi connectivity index (χ0n) is 12.8. The van der Waals surface area contributed by atoms with Gasteiger partial charge < -0.3 is 9.88 Å². The maximum atomic E-state index is 3.53. The van der Waals surface area contributed by atoms with Crippen LogP contribution in [0.1, 0.15) is 44.7 Å². The van der Waals surface area contributed by atoms with Crippen LogP contribution < -0.4 is 5.32 Å². The molecule has 0 aliphatic carbocycles. The van der Waals surface area contributed by atoms with Gasteiger partial charge in [0.25, 0.3) is 0 Å². The summed E-state index contributed by atoms with van der Waals surface area (Å²) in [5, 5.41) is 4.91. The van der Waals surface area contributed by atoms with E-state index in [-0.39, 0.29) is 0 Å². The molecule has 1 aromatic heterocycles. The maximum Gasteiger partial charge on any atom is 0.0483 e. The average Bonchev–Trinajstić information content (AvgIpc) is 2.66. The first-order valence-corrected chi connectivity index (χ1v) is 7.27. The number of aromatic nitrogens is 1. The first-order chi connectivity index (χ1) is 8.99. The molecule has 0 aliphatic heterocycles. The van der Waals surface area contributed by atoms with Crippen LogP contribution in [0.5, 0.6) is 0 Å². The van der Waals surface area contributed by atoms with Crippen molar-refractivity contribution in [2.45, 2.75) is 40.2 Å². The van der Waals surface area contributed by atoms with E-state index in [1.165, 1.54) is 22.0 Å². The molecule has 0 radical (unpaired) electrons. The van der Waals surface area contributed by atoms with Crippen molar-refractivity contribution in [1.82, 2.24) is 9.88 Å². The molecule has 0 saturated heterocycles. The second-order valence-corrected chi connectivity index (χ2v) is 6.22. The molecule has 2 rings (SSSR count). The van der Waals surface area contributed by atoms with Gasteiger partial charge >= 0.3 is 0 Å². The minimum Gasteiger partial charge on any atom is -0.350 e. The van der Waals surface area contributed by atoms with Crippen molar-refractivity contribution in [1.29, 1.82) is 0 Å². The lowest BCUT2D eigenvalue weighted by Crippen LogP contribution is -2.18. The van der Waals surface area contributed by atoms with Gasteiger partial charge in [-0.05, 0) is 35.6 Å². The summed E-state index contributed by atoms with van der Waals surface area (Å²) in [6.45, 7) is 11.0. The van der Waals surface area contributed by atoms with Gasteiger partial charge in [0.1, 0.15) is 0 Å². The smallest absolute Gasteiger partial charge is 0.0483 e. The second-order valence-electron chi connectivity index (χ2n) is 6.22. The Kier molecular flexibility index (Phi) is 4.31. The van der Waals surface area contributed by atoms with Crippen LogP contribution in [0.2, 0.25) is 0 Å². The molecular weight excluding hydrogens is 232 g/mol. The Labute approximate surface area is 116 Å². The summed E-state index contributed by atoms with van der Waals surface area (Å²) in [6, 6.07) is 6.86. The Balaban J connectivity index is 2.26. The van der Waals surface area contributed by atoms with Crippen LogP contribution in [0.25, 0.3) is 10.9 Å². The topological polar surface area (TPSA) is 17.0 Å². The molecule has 1 heterocycles. The monoisotopic (exact) mass is 258 g/mol. The van der Waals surface area contributed by atoms with Gasteiger partial charge in [-0.25, -0.2) is 0 Å². The van der Waals surface area contributed by atoms with Crippen LogP contribution >= 0.6 is 0 Å². The molecule has 2 nitrogen and oxygen atoms in total. The van der Waals surface area contributed by atoms with Gasteiger partial charge in [-0.15, -0.1) is 0 Å². The average molecular weight is 258 g/mol. The van der Waals surface area contributed by atoms with E-state index < -0.39 is 0 Å². The molecule has 0 aliphatic rings. The summed E-state index contributed by atoms with van der Waals surface area (Å²) in [7, 11) is 2.14. The van der Waals surface area contributed by atoms with E-state index in [4.69, 9.17) is 0 Å². The Hall–Kier alpha value is -1.28. The molecule has 104 valence electrons. The zero-order valence-corrected chi connectivity index (χ0v) is 12.8. The molecule has 0 saturated carbocycles. The largest absolute Gasteiger partial charge is 0.350 e. The highest BCUT2D eigenvalue weighted by Gasteiger charge is 2.08. The highest BCUT2D eigenvalue weighted by Crippen LogP contribution is 2.25. The van der Waals surface area contributed by atoms with Crippen molar-refractivity contribution in [2.75, 3.05) is 6.54 Å². The molecule has 0 atom stereocenters. The van der Waals surface area contributed by atoms with E-state index in [1.54, 1.807) is 0 Å². The first-order valence-electron chi connectivity index (χ1n) is 7.27. The lowest BCUT2D eigenvalue weighted by molar-refractivity contribution is 0.553. The Morgan fingerprint density at radius 2 is 1.89 bits per heavy atom. The molecule has 0 fully saturated rings. The van der Waals surface area contributed by atoms with Gasteiger partial charge in [-0.3, -0.25) is 0 Å². The predicted octanol–water partition coefficient (Wildman–Crippen LogP) is 4.05. The van der Waals surface area contributed by atoms with Gasteiger partial charge in [0.15, 0.2) is 0 Å². The van der Waals surface area contributed by atoms with Crippen LogP contribution in [-0.2, 0) is 13.6 Å². The molecule has 19 heavy (non-hydrogen) atoms. The third-order valence-electron chi connectivity index (χ3n) is 3.63. The fraction of sp³-hybridized carbons (Fsp3) is 0.529. The Morgan fingerprint density at radius 3 is 2.53 bits per heavy atom. The van der Waals surface area contributed by atoms with Crippen LogP contribution in [0.3, 0.4) is 0 Å². The SMILES string of the molecule is CC(C)CNCc1cn(C)c2cc(C(C)C)ccc12. The van der Waals surface area contributed by atoms with Crippen molar-refractivity contribution in [3.8, 4) is 0 Å². The van der Waals surface area contributed by atoms with Gasteiger partial charge in [0.05, 0.1) is 0 Å². The van der Waals surface area contributed by atoms with E-state index >= 15 is 0 Å². The summed E-state index contributed by atoms with van der Waals surface area (Å²) >= 11 is 0. The number of hydrogen-bond acceptors (Lipinski definition) is 1. The van der Waals surface area contributed by atoms with Crippen LogP contribution in [0, 0.1) is 5.92 Å². The van der Waals surface area contributed by atoms with Crippen molar-refractivity contribution in [3.63, 3.8) is 0 Å². The third kappa shape index (κ3) is 3.19. The van der Waals surface area contributed by atoms with Crippen LogP contribution in [0.4, 0.5) is 0 Å². The summed E-state index contributed by atoms with van der Waals surface area (Å²) in [5.74, 6) is 1.28. The number of aryl methyl sites for hydroxylation is 1. The van der Waals surface area contributed by atoms with Crippen molar-refractivity contribution < 1.29 is 0 Å². The standard InChI is InChI=1S/C17H26N2/c1-12(2)9-18-10-15-11-19(5)17-8-14(13(3)4)6-7-16(15)17/h6-8,11-13,18H,9-10H2,1-5H3. The Bertz CT molecular complexity index is 550. The van der Waals surface area contributed by atoms with E-state index in [2.05, 4.69) is 69.0 Å². The van der Waals surface area contributed by atoms with E-state index in [9.17, 15) is 0 Å². The molecule has 0 spiro atoms. The molecule has 0 bridgehead atoms. The van der Waals surface area contributed by atoms with Gasteiger partial charge in [-0.1, -0.05) is 39.8 Å². The summed E-state index contributed by atoms with van der Waals surface area (Å²) in [4.78, 5) is 0. The first kappa shape index (κ1) is 14.1. The quantitative estimate of drug-likeness (QED) is 0.856. The minimum atomic E-state index is 0.585. The van der Waals surface area contributed by atoms with E-state index in [0.29, 0.717) is 11.8 Å². The van der Waals surface area contributed by atoms with E-state index in [0.717, 1.165) is 13.1 Å². The second kappa shape index (κ2) is 5.79. The summed E-state index contributed by atoms with van der Waals surface area (Å²) < 4.78 is 2.24. The van der Waals surface area contributed by atoms with Crippen LogP contribution in [-0.4, -0.2) is 11.1 Å². The van der Waals surface area contributed by atoms with Crippen molar-refractivity contribution >= 4 is 10.9 Å². The Morgan fingerprint density at radius 1 is 1.16 bits per heavy atom.